The van der Waals surface area contributed by atoms with Gasteiger partial charge in [-0.1, -0.05) is 29.8 Å². The first kappa shape index (κ1) is 13.4. The maximum Gasteiger partial charge on any atom is 0.341 e. The Labute approximate surface area is 116 Å². The van der Waals surface area contributed by atoms with Crippen molar-refractivity contribution in [1.82, 2.24) is 0 Å². The molecule has 98 valence electrons. The number of carbonyl (C=O) groups excluding carboxylic acids is 1. The maximum absolute atomic E-state index is 11.8. The van der Waals surface area contributed by atoms with Gasteiger partial charge in [0.2, 0.25) is 0 Å². The van der Waals surface area contributed by atoms with Crippen LogP contribution >= 0.6 is 11.6 Å². The zero-order valence-corrected chi connectivity index (χ0v) is 11.2. The van der Waals surface area contributed by atoms with Crippen LogP contribution in [0.2, 0.25) is 5.02 Å². The number of benzene rings is 2. The van der Waals surface area contributed by atoms with E-state index >= 15 is 0 Å². The second-order valence-corrected chi connectivity index (χ2v) is 4.21. The van der Waals surface area contributed by atoms with Crippen LogP contribution in [0.5, 0.6) is 11.5 Å². The summed E-state index contributed by atoms with van der Waals surface area (Å²) in [6.07, 6.45) is 0. The van der Waals surface area contributed by atoms with Crippen LogP contribution in [-0.2, 0) is 4.74 Å². The molecule has 0 amide bonds. The largest absolute Gasteiger partial charge is 0.462 e. The Hall–Kier alpha value is -2.00. The van der Waals surface area contributed by atoms with E-state index in [1.165, 1.54) is 6.07 Å². The lowest BCUT2D eigenvalue weighted by Crippen LogP contribution is -2.06. The second kappa shape index (κ2) is 6.25. The molecule has 0 saturated carbocycles. The summed E-state index contributed by atoms with van der Waals surface area (Å²) < 4.78 is 10.7. The van der Waals surface area contributed by atoms with Gasteiger partial charge in [-0.2, -0.15) is 0 Å². The predicted octanol–water partition coefficient (Wildman–Crippen LogP) is 4.31. The minimum Gasteiger partial charge on any atom is -0.462 e. The van der Waals surface area contributed by atoms with Crippen LogP contribution in [0.15, 0.2) is 48.5 Å². The highest BCUT2D eigenvalue weighted by Gasteiger charge is 2.15. The van der Waals surface area contributed by atoms with Gasteiger partial charge < -0.3 is 9.47 Å². The van der Waals surface area contributed by atoms with Crippen molar-refractivity contribution in [3.63, 3.8) is 0 Å². The van der Waals surface area contributed by atoms with Gasteiger partial charge in [0.1, 0.15) is 17.1 Å². The predicted molar refractivity (Wildman–Crippen MR) is 73.9 cm³/mol. The molecule has 0 N–H and O–H groups in total. The molecule has 0 aromatic heterocycles. The third kappa shape index (κ3) is 3.48. The van der Waals surface area contributed by atoms with Gasteiger partial charge >= 0.3 is 5.97 Å². The number of para-hydroxylation sites is 1. The molecule has 0 heterocycles. The third-order valence-electron chi connectivity index (χ3n) is 2.41. The summed E-state index contributed by atoms with van der Waals surface area (Å²) in [4.78, 5) is 11.8. The van der Waals surface area contributed by atoms with Crippen molar-refractivity contribution in [1.29, 1.82) is 0 Å². The molecule has 19 heavy (non-hydrogen) atoms. The summed E-state index contributed by atoms with van der Waals surface area (Å²) in [7, 11) is 0. The molecule has 3 nitrogen and oxygen atoms in total. The highest BCUT2D eigenvalue weighted by atomic mass is 35.5. The Morgan fingerprint density at radius 1 is 1.16 bits per heavy atom. The van der Waals surface area contributed by atoms with E-state index in [0.29, 0.717) is 28.7 Å². The van der Waals surface area contributed by atoms with Crippen LogP contribution in [0.4, 0.5) is 0 Å². The molecule has 0 unspecified atom stereocenters. The van der Waals surface area contributed by atoms with Crippen LogP contribution in [0.25, 0.3) is 0 Å². The van der Waals surface area contributed by atoms with E-state index in [4.69, 9.17) is 21.1 Å². The average molecular weight is 277 g/mol. The van der Waals surface area contributed by atoms with Crippen molar-refractivity contribution in [2.45, 2.75) is 6.92 Å². The zero-order chi connectivity index (χ0) is 13.7. The summed E-state index contributed by atoms with van der Waals surface area (Å²) in [5, 5.41) is 0.462. The van der Waals surface area contributed by atoms with Gasteiger partial charge in [0.15, 0.2) is 0 Å². The SMILES string of the molecule is CCOC(=O)c1cc(Cl)ccc1Oc1ccccc1. The van der Waals surface area contributed by atoms with Crippen molar-refractivity contribution in [3.8, 4) is 11.5 Å². The number of carbonyl (C=O) groups is 1. The molecule has 0 aliphatic rings. The topological polar surface area (TPSA) is 35.5 Å². The third-order valence-corrected chi connectivity index (χ3v) is 2.64. The first-order valence-electron chi connectivity index (χ1n) is 5.90. The summed E-state index contributed by atoms with van der Waals surface area (Å²) in [5.41, 5.74) is 0.318. The first-order valence-corrected chi connectivity index (χ1v) is 6.28. The Morgan fingerprint density at radius 2 is 1.89 bits per heavy atom. The van der Waals surface area contributed by atoms with Crippen molar-refractivity contribution in [2.24, 2.45) is 0 Å². The molecule has 2 aromatic rings. The lowest BCUT2D eigenvalue weighted by atomic mass is 10.2. The maximum atomic E-state index is 11.8. The van der Waals surface area contributed by atoms with Crippen molar-refractivity contribution < 1.29 is 14.3 Å². The number of rotatable bonds is 4. The Bertz CT molecular complexity index is 567. The standard InChI is InChI=1S/C15H13ClO3/c1-2-18-15(17)13-10-11(16)8-9-14(13)19-12-6-4-3-5-7-12/h3-10H,2H2,1H3. The van der Waals surface area contributed by atoms with Gasteiger partial charge in [-0.3, -0.25) is 0 Å². The fourth-order valence-corrected chi connectivity index (χ4v) is 1.75. The molecule has 0 atom stereocenters. The van der Waals surface area contributed by atoms with Gasteiger partial charge in [0.05, 0.1) is 6.61 Å². The summed E-state index contributed by atoms with van der Waals surface area (Å²) in [6, 6.07) is 14.1. The summed E-state index contributed by atoms with van der Waals surface area (Å²) in [5.74, 6) is 0.625. The van der Waals surface area contributed by atoms with Crippen LogP contribution in [0, 0.1) is 0 Å². The van der Waals surface area contributed by atoms with Crippen molar-refractivity contribution in [2.75, 3.05) is 6.61 Å². The van der Waals surface area contributed by atoms with Gasteiger partial charge in [-0.05, 0) is 37.3 Å². The van der Waals surface area contributed by atoms with E-state index in [9.17, 15) is 4.79 Å². The van der Waals surface area contributed by atoms with E-state index in [1.54, 1.807) is 19.1 Å². The molecule has 4 heteroatoms. The monoisotopic (exact) mass is 276 g/mol. The number of ether oxygens (including phenoxy) is 2. The molecule has 2 aromatic carbocycles. The van der Waals surface area contributed by atoms with E-state index in [-0.39, 0.29) is 0 Å². The molecule has 0 aliphatic carbocycles. The normalized spacial score (nSPS) is 10.0. The van der Waals surface area contributed by atoms with Gasteiger partial charge in [-0.15, -0.1) is 0 Å². The first-order chi connectivity index (χ1) is 9.20. The molecular weight excluding hydrogens is 264 g/mol. The van der Waals surface area contributed by atoms with Crippen molar-refractivity contribution >= 4 is 17.6 Å². The number of hydrogen-bond donors (Lipinski definition) is 0. The number of hydrogen-bond acceptors (Lipinski definition) is 3. The fourth-order valence-electron chi connectivity index (χ4n) is 1.58. The molecule has 2 rings (SSSR count). The lowest BCUT2D eigenvalue weighted by Gasteiger charge is -2.10. The van der Waals surface area contributed by atoms with E-state index in [1.807, 2.05) is 30.3 Å². The van der Waals surface area contributed by atoms with Crippen LogP contribution < -0.4 is 4.74 Å². The van der Waals surface area contributed by atoms with Crippen LogP contribution in [-0.4, -0.2) is 12.6 Å². The minimum atomic E-state index is -0.448. The van der Waals surface area contributed by atoms with E-state index in [0.717, 1.165) is 0 Å². The molecule has 0 bridgehead atoms. The molecular formula is C15H13ClO3. The lowest BCUT2D eigenvalue weighted by molar-refractivity contribution is 0.0523. The fraction of sp³-hybridized carbons (Fsp3) is 0.133. The summed E-state index contributed by atoms with van der Waals surface area (Å²) >= 11 is 5.90. The summed E-state index contributed by atoms with van der Waals surface area (Å²) in [6.45, 7) is 2.05. The Morgan fingerprint density at radius 3 is 2.58 bits per heavy atom. The molecule has 0 spiro atoms. The molecule has 0 aliphatic heterocycles. The smallest absolute Gasteiger partial charge is 0.341 e. The van der Waals surface area contributed by atoms with E-state index < -0.39 is 5.97 Å². The minimum absolute atomic E-state index is 0.302. The van der Waals surface area contributed by atoms with E-state index in [2.05, 4.69) is 0 Å². The number of halogens is 1. The number of esters is 1. The molecule has 0 radical (unpaired) electrons. The van der Waals surface area contributed by atoms with Gasteiger partial charge in [0, 0.05) is 5.02 Å². The zero-order valence-electron chi connectivity index (χ0n) is 10.4. The van der Waals surface area contributed by atoms with Gasteiger partial charge in [-0.25, -0.2) is 4.79 Å². The second-order valence-electron chi connectivity index (χ2n) is 3.78. The highest BCUT2D eigenvalue weighted by molar-refractivity contribution is 6.31. The Kier molecular flexibility index (Phi) is 4.42. The average Bonchev–Trinajstić information content (AvgIpc) is 2.42. The molecule has 0 saturated heterocycles. The highest BCUT2D eigenvalue weighted by Crippen LogP contribution is 2.28. The van der Waals surface area contributed by atoms with Crippen molar-refractivity contribution in [3.05, 3.63) is 59.1 Å². The molecule has 0 fully saturated rings. The van der Waals surface area contributed by atoms with Crippen LogP contribution in [0.3, 0.4) is 0 Å². The van der Waals surface area contributed by atoms with Gasteiger partial charge in [0.25, 0.3) is 0 Å². The quantitative estimate of drug-likeness (QED) is 0.781. The van der Waals surface area contributed by atoms with Crippen LogP contribution in [0.1, 0.15) is 17.3 Å². The Balaban J connectivity index is 2.32.